The zero-order valence-electron chi connectivity index (χ0n) is 10.1. The molecule has 1 aliphatic rings. The molecular weight excluding hydrogens is 188 g/mol. The first-order chi connectivity index (χ1) is 6.53. The lowest BCUT2D eigenvalue weighted by molar-refractivity contribution is 0.0378. The number of rotatable bonds is 3. The van der Waals surface area contributed by atoms with Crippen LogP contribution < -0.4 is 0 Å². The fraction of sp³-hybridized carbons (Fsp3) is 0.833. The van der Waals surface area contributed by atoms with Gasteiger partial charge in [-0.15, -0.1) is 0 Å². The summed E-state index contributed by atoms with van der Waals surface area (Å²) < 4.78 is 5.83. The van der Waals surface area contributed by atoms with Crippen molar-refractivity contribution in [3.05, 3.63) is 11.3 Å². The smallest absolute Gasteiger partial charge is 0.0781 e. The van der Waals surface area contributed by atoms with E-state index in [0.717, 1.165) is 13.0 Å². The fourth-order valence-electron chi connectivity index (χ4n) is 2.01. The summed E-state index contributed by atoms with van der Waals surface area (Å²) in [6, 6.07) is 0. The first kappa shape index (κ1) is 12.0. The first-order valence-corrected chi connectivity index (χ1v) is 9.44. The van der Waals surface area contributed by atoms with Crippen LogP contribution in [0.2, 0.25) is 19.6 Å². The third-order valence-electron chi connectivity index (χ3n) is 2.62. The molecule has 0 spiro atoms. The van der Waals surface area contributed by atoms with Crippen molar-refractivity contribution < 1.29 is 4.74 Å². The van der Waals surface area contributed by atoms with Gasteiger partial charge in [-0.3, -0.25) is 0 Å². The Morgan fingerprint density at radius 3 is 2.50 bits per heavy atom. The van der Waals surface area contributed by atoms with E-state index in [9.17, 15) is 0 Å². The van der Waals surface area contributed by atoms with E-state index in [0.29, 0.717) is 6.10 Å². The molecule has 14 heavy (non-hydrogen) atoms. The van der Waals surface area contributed by atoms with Gasteiger partial charge < -0.3 is 4.74 Å². The molecule has 0 saturated carbocycles. The Labute approximate surface area is 89.6 Å². The Bertz CT molecular complexity index is 197. The maximum atomic E-state index is 5.83. The minimum absolute atomic E-state index is 0.445. The summed E-state index contributed by atoms with van der Waals surface area (Å²) in [5, 5.41) is 0. The molecule has 82 valence electrons. The van der Waals surface area contributed by atoms with Gasteiger partial charge in [0.25, 0.3) is 0 Å². The molecule has 1 atom stereocenters. The minimum atomic E-state index is -1.07. The standard InChI is InChI=1S/C12H24OSi/c1-5-11(10-14(2,3)4)12-8-6-7-9-13-12/h10,12H,5-9H2,1-4H3/b11-10+/t12-/m1/s1. The van der Waals surface area contributed by atoms with Crippen molar-refractivity contribution >= 4 is 8.07 Å². The molecular formula is C12H24OSi. The van der Waals surface area contributed by atoms with Crippen LogP contribution in [0, 0.1) is 0 Å². The Balaban J connectivity index is 2.64. The molecule has 0 aromatic heterocycles. The number of ether oxygens (including phenoxy) is 1. The topological polar surface area (TPSA) is 9.23 Å². The van der Waals surface area contributed by atoms with Crippen LogP contribution in [0.3, 0.4) is 0 Å². The van der Waals surface area contributed by atoms with Crippen LogP contribution in [0.4, 0.5) is 0 Å². The Morgan fingerprint density at radius 1 is 1.36 bits per heavy atom. The van der Waals surface area contributed by atoms with E-state index in [2.05, 4.69) is 32.3 Å². The van der Waals surface area contributed by atoms with Gasteiger partial charge in [0.15, 0.2) is 0 Å². The van der Waals surface area contributed by atoms with Gasteiger partial charge in [-0.05, 0) is 31.3 Å². The second-order valence-corrected chi connectivity index (χ2v) is 10.3. The molecule has 0 aromatic rings. The molecule has 0 bridgehead atoms. The second-order valence-electron chi connectivity index (χ2n) is 5.29. The molecule has 1 nitrogen and oxygen atoms in total. The van der Waals surface area contributed by atoms with Gasteiger partial charge >= 0.3 is 0 Å². The van der Waals surface area contributed by atoms with Gasteiger partial charge in [0.05, 0.1) is 14.2 Å². The average molecular weight is 212 g/mol. The molecule has 1 rings (SSSR count). The van der Waals surface area contributed by atoms with E-state index in [1.165, 1.54) is 19.3 Å². The van der Waals surface area contributed by atoms with Crippen LogP contribution in [0.25, 0.3) is 0 Å². The maximum Gasteiger partial charge on any atom is 0.0781 e. The van der Waals surface area contributed by atoms with Gasteiger partial charge in [-0.1, -0.05) is 32.3 Å². The van der Waals surface area contributed by atoms with Crippen molar-refractivity contribution in [2.75, 3.05) is 6.61 Å². The van der Waals surface area contributed by atoms with Crippen molar-refractivity contribution in [2.45, 2.75) is 58.4 Å². The molecule has 0 N–H and O–H groups in total. The Morgan fingerprint density at radius 2 is 2.07 bits per heavy atom. The van der Waals surface area contributed by atoms with Crippen molar-refractivity contribution in [2.24, 2.45) is 0 Å². The molecule has 0 unspecified atom stereocenters. The quantitative estimate of drug-likeness (QED) is 0.647. The first-order valence-electron chi connectivity index (χ1n) is 5.86. The lowest BCUT2D eigenvalue weighted by atomic mass is 10.0. The summed E-state index contributed by atoms with van der Waals surface area (Å²) in [4.78, 5) is 0. The lowest BCUT2D eigenvalue weighted by Crippen LogP contribution is -2.25. The summed E-state index contributed by atoms with van der Waals surface area (Å²) in [5.41, 5.74) is 4.09. The molecule has 0 radical (unpaired) electrons. The second kappa shape index (κ2) is 5.13. The molecule has 0 amide bonds. The maximum absolute atomic E-state index is 5.83. The third-order valence-corrected chi connectivity index (χ3v) is 3.86. The minimum Gasteiger partial charge on any atom is -0.374 e. The van der Waals surface area contributed by atoms with Crippen molar-refractivity contribution in [1.82, 2.24) is 0 Å². The van der Waals surface area contributed by atoms with Gasteiger partial charge in [0.1, 0.15) is 0 Å². The van der Waals surface area contributed by atoms with E-state index in [4.69, 9.17) is 4.74 Å². The fourth-order valence-corrected chi connectivity index (χ4v) is 3.51. The highest BCUT2D eigenvalue weighted by molar-refractivity contribution is 6.81. The van der Waals surface area contributed by atoms with E-state index >= 15 is 0 Å². The van der Waals surface area contributed by atoms with E-state index in [-0.39, 0.29) is 0 Å². The molecule has 1 fully saturated rings. The zero-order chi connectivity index (χ0) is 10.6. The molecule has 2 heteroatoms. The van der Waals surface area contributed by atoms with E-state index in [1.54, 1.807) is 5.57 Å². The molecule has 1 saturated heterocycles. The van der Waals surface area contributed by atoms with Crippen LogP contribution in [0.1, 0.15) is 32.6 Å². The highest BCUT2D eigenvalue weighted by Crippen LogP contribution is 2.23. The Hall–Kier alpha value is -0.0831. The van der Waals surface area contributed by atoms with Gasteiger partial charge in [-0.2, -0.15) is 0 Å². The SMILES string of the molecule is CC/C(=C\[Si](C)(C)C)[C@H]1CCCCO1. The summed E-state index contributed by atoms with van der Waals surface area (Å²) >= 11 is 0. The molecule has 1 heterocycles. The Kier molecular flexibility index (Phi) is 4.39. The van der Waals surface area contributed by atoms with Crippen LogP contribution >= 0.6 is 0 Å². The van der Waals surface area contributed by atoms with E-state index < -0.39 is 8.07 Å². The summed E-state index contributed by atoms with van der Waals surface area (Å²) in [5.74, 6) is 0. The molecule has 0 aromatic carbocycles. The number of hydrogen-bond acceptors (Lipinski definition) is 1. The van der Waals surface area contributed by atoms with Crippen molar-refractivity contribution in [3.63, 3.8) is 0 Å². The molecule has 0 aliphatic carbocycles. The van der Waals surface area contributed by atoms with Crippen LogP contribution in [0.5, 0.6) is 0 Å². The largest absolute Gasteiger partial charge is 0.374 e. The highest BCUT2D eigenvalue weighted by atomic mass is 28.3. The predicted molar refractivity (Wildman–Crippen MR) is 65.3 cm³/mol. The van der Waals surface area contributed by atoms with Gasteiger partial charge in [0, 0.05) is 6.61 Å². The summed E-state index contributed by atoms with van der Waals surface area (Å²) in [6.45, 7) is 10.4. The van der Waals surface area contributed by atoms with Crippen molar-refractivity contribution in [1.29, 1.82) is 0 Å². The van der Waals surface area contributed by atoms with Crippen molar-refractivity contribution in [3.8, 4) is 0 Å². The zero-order valence-corrected chi connectivity index (χ0v) is 11.1. The van der Waals surface area contributed by atoms with Crippen LogP contribution in [0.15, 0.2) is 11.3 Å². The van der Waals surface area contributed by atoms with Crippen LogP contribution in [-0.4, -0.2) is 20.8 Å². The highest BCUT2D eigenvalue weighted by Gasteiger charge is 2.19. The average Bonchev–Trinajstić information content (AvgIpc) is 2.14. The van der Waals surface area contributed by atoms with Gasteiger partial charge in [-0.25, -0.2) is 0 Å². The third kappa shape index (κ3) is 3.97. The monoisotopic (exact) mass is 212 g/mol. The van der Waals surface area contributed by atoms with Crippen LogP contribution in [-0.2, 0) is 4.74 Å². The summed E-state index contributed by atoms with van der Waals surface area (Å²) in [7, 11) is -1.07. The predicted octanol–water partition coefficient (Wildman–Crippen LogP) is 3.77. The molecule has 1 aliphatic heterocycles. The summed E-state index contributed by atoms with van der Waals surface area (Å²) in [6.07, 6.45) is 5.44. The van der Waals surface area contributed by atoms with Gasteiger partial charge in [0.2, 0.25) is 0 Å². The van der Waals surface area contributed by atoms with E-state index in [1.807, 2.05) is 0 Å². The number of hydrogen-bond donors (Lipinski definition) is 0. The lowest BCUT2D eigenvalue weighted by Gasteiger charge is -2.26. The normalized spacial score (nSPS) is 25.1.